The van der Waals surface area contributed by atoms with Gasteiger partial charge in [-0.05, 0) is 11.1 Å². The minimum atomic E-state index is -1.44. The Morgan fingerprint density at radius 3 is 2.05 bits per heavy atom. The Hall–Kier alpha value is -2.39. The predicted molar refractivity (Wildman–Crippen MR) is 76.4 cm³/mol. The lowest BCUT2D eigenvalue weighted by Crippen LogP contribution is -2.38. The van der Waals surface area contributed by atoms with Crippen LogP contribution < -0.4 is 0 Å². The molecule has 0 aromatic heterocycles. The molecule has 0 saturated heterocycles. The molecule has 2 aromatic carbocycles. The van der Waals surface area contributed by atoms with Crippen LogP contribution in [0.3, 0.4) is 0 Å². The van der Waals surface area contributed by atoms with Crippen molar-refractivity contribution in [1.29, 1.82) is 0 Å². The molecule has 0 saturated carbocycles. The monoisotopic (exact) mass is 266 g/mol. The van der Waals surface area contributed by atoms with Crippen molar-refractivity contribution in [2.24, 2.45) is 0 Å². The number of carboxylic acid groups (broad SMARTS) is 1. The van der Waals surface area contributed by atoms with E-state index in [2.05, 4.69) is 6.58 Å². The number of carbonyl (C=O) groups is 1. The van der Waals surface area contributed by atoms with Crippen molar-refractivity contribution in [2.75, 3.05) is 6.61 Å². The molecule has 3 heteroatoms. The zero-order chi connectivity index (χ0) is 14.2. The number of aliphatic carboxylic acids is 1. The molecule has 20 heavy (non-hydrogen) atoms. The SMILES string of the molecule is C=CCOC1(C(=O)O)c2ccccc2-c2ccccc21. The fourth-order valence-corrected chi connectivity index (χ4v) is 2.83. The predicted octanol–water partition coefficient (Wildman–Crippen LogP) is 3.20. The highest BCUT2D eigenvalue weighted by molar-refractivity contribution is 5.95. The van der Waals surface area contributed by atoms with Crippen molar-refractivity contribution in [3.05, 3.63) is 72.3 Å². The third-order valence-corrected chi connectivity index (χ3v) is 3.62. The summed E-state index contributed by atoms with van der Waals surface area (Å²) in [5.41, 5.74) is 1.73. The lowest BCUT2D eigenvalue weighted by Gasteiger charge is -2.26. The van der Waals surface area contributed by atoms with Gasteiger partial charge in [0, 0.05) is 11.1 Å². The van der Waals surface area contributed by atoms with E-state index in [0.29, 0.717) is 11.1 Å². The summed E-state index contributed by atoms with van der Waals surface area (Å²) in [6.07, 6.45) is 1.56. The molecule has 0 bridgehead atoms. The molecule has 0 spiro atoms. The first-order valence-electron chi connectivity index (χ1n) is 6.39. The van der Waals surface area contributed by atoms with Crippen LogP contribution in [0.25, 0.3) is 11.1 Å². The number of carboxylic acids is 1. The van der Waals surface area contributed by atoms with Crippen LogP contribution in [0.5, 0.6) is 0 Å². The first-order chi connectivity index (χ1) is 9.71. The minimum absolute atomic E-state index is 0.176. The zero-order valence-corrected chi connectivity index (χ0v) is 10.9. The molecule has 2 aromatic rings. The molecule has 0 unspecified atom stereocenters. The van der Waals surface area contributed by atoms with Gasteiger partial charge in [-0.1, -0.05) is 54.6 Å². The second-order valence-electron chi connectivity index (χ2n) is 4.68. The Morgan fingerprint density at radius 1 is 1.10 bits per heavy atom. The molecule has 0 heterocycles. The second-order valence-corrected chi connectivity index (χ2v) is 4.68. The van der Waals surface area contributed by atoms with Gasteiger partial charge in [0.1, 0.15) is 0 Å². The molecule has 3 rings (SSSR count). The highest BCUT2D eigenvalue weighted by atomic mass is 16.5. The van der Waals surface area contributed by atoms with Gasteiger partial charge in [0.15, 0.2) is 0 Å². The molecule has 1 N–H and O–H groups in total. The van der Waals surface area contributed by atoms with E-state index in [1.54, 1.807) is 6.08 Å². The lowest BCUT2D eigenvalue weighted by atomic mass is 9.91. The van der Waals surface area contributed by atoms with E-state index in [1.165, 1.54) is 0 Å². The van der Waals surface area contributed by atoms with E-state index in [0.717, 1.165) is 11.1 Å². The molecule has 100 valence electrons. The van der Waals surface area contributed by atoms with Crippen molar-refractivity contribution in [2.45, 2.75) is 5.60 Å². The van der Waals surface area contributed by atoms with Crippen molar-refractivity contribution < 1.29 is 14.6 Å². The summed E-state index contributed by atoms with van der Waals surface area (Å²) in [4.78, 5) is 12.0. The quantitative estimate of drug-likeness (QED) is 0.864. The van der Waals surface area contributed by atoms with E-state index >= 15 is 0 Å². The van der Waals surface area contributed by atoms with Gasteiger partial charge >= 0.3 is 5.97 Å². The number of fused-ring (bicyclic) bond motifs is 3. The zero-order valence-electron chi connectivity index (χ0n) is 10.9. The van der Waals surface area contributed by atoms with E-state index < -0.39 is 11.6 Å². The van der Waals surface area contributed by atoms with Crippen LogP contribution >= 0.6 is 0 Å². The van der Waals surface area contributed by atoms with Crippen molar-refractivity contribution in [3.63, 3.8) is 0 Å². The van der Waals surface area contributed by atoms with E-state index in [-0.39, 0.29) is 6.61 Å². The maximum atomic E-state index is 12.0. The molecule has 0 amide bonds. The third kappa shape index (κ3) is 1.53. The van der Waals surface area contributed by atoms with Gasteiger partial charge in [0.25, 0.3) is 0 Å². The molecule has 0 aliphatic heterocycles. The largest absolute Gasteiger partial charge is 0.479 e. The highest BCUT2D eigenvalue weighted by Gasteiger charge is 2.50. The number of benzene rings is 2. The molecule has 0 atom stereocenters. The topological polar surface area (TPSA) is 46.5 Å². The summed E-state index contributed by atoms with van der Waals surface area (Å²) in [5, 5.41) is 9.82. The fraction of sp³-hybridized carbons (Fsp3) is 0.118. The molecule has 3 nitrogen and oxygen atoms in total. The summed E-state index contributed by atoms with van der Waals surface area (Å²) < 4.78 is 5.74. The standard InChI is InChI=1S/C17H14O3/c1-2-11-20-17(16(18)19)14-9-5-3-7-12(14)13-8-4-6-10-15(13)17/h2-10H,1,11H2,(H,18,19). The number of ether oxygens (including phenoxy) is 1. The summed E-state index contributed by atoms with van der Waals surface area (Å²) >= 11 is 0. The molecule has 1 aliphatic carbocycles. The molecule has 1 aliphatic rings. The Balaban J connectivity index is 2.33. The van der Waals surface area contributed by atoms with E-state index in [1.807, 2.05) is 48.5 Å². The Kier molecular flexibility index (Phi) is 2.92. The van der Waals surface area contributed by atoms with Crippen molar-refractivity contribution in [3.8, 4) is 11.1 Å². The fourth-order valence-electron chi connectivity index (χ4n) is 2.83. The van der Waals surface area contributed by atoms with E-state index in [9.17, 15) is 9.90 Å². The molecular formula is C17H14O3. The first kappa shape index (κ1) is 12.6. The Labute approximate surface area is 117 Å². The molecule has 0 radical (unpaired) electrons. The summed E-state index contributed by atoms with van der Waals surface area (Å²) in [6, 6.07) is 15.0. The number of hydrogen-bond donors (Lipinski definition) is 1. The first-order valence-corrected chi connectivity index (χ1v) is 6.39. The van der Waals surface area contributed by atoms with Crippen LogP contribution in [-0.2, 0) is 15.1 Å². The van der Waals surface area contributed by atoms with Crippen molar-refractivity contribution >= 4 is 5.97 Å². The Bertz CT molecular complexity index is 643. The molecule has 0 fully saturated rings. The minimum Gasteiger partial charge on any atom is -0.479 e. The van der Waals surface area contributed by atoms with Crippen LogP contribution in [0.4, 0.5) is 0 Å². The Morgan fingerprint density at radius 2 is 1.60 bits per heavy atom. The van der Waals surface area contributed by atoms with Gasteiger partial charge in [-0.15, -0.1) is 6.58 Å². The maximum Gasteiger partial charge on any atom is 0.345 e. The average molecular weight is 266 g/mol. The van der Waals surface area contributed by atoms with Crippen molar-refractivity contribution in [1.82, 2.24) is 0 Å². The maximum absolute atomic E-state index is 12.0. The van der Waals surface area contributed by atoms with Gasteiger partial charge in [0.2, 0.25) is 5.60 Å². The summed E-state index contributed by atoms with van der Waals surface area (Å²) in [5.74, 6) is -1.00. The van der Waals surface area contributed by atoms with Crippen LogP contribution in [0.15, 0.2) is 61.2 Å². The van der Waals surface area contributed by atoms with Crippen LogP contribution in [0.2, 0.25) is 0 Å². The highest BCUT2D eigenvalue weighted by Crippen LogP contribution is 2.49. The normalized spacial score (nSPS) is 14.4. The van der Waals surface area contributed by atoms with Gasteiger partial charge in [-0.25, -0.2) is 4.79 Å². The number of rotatable bonds is 4. The smallest absolute Gasteiger partial charge is 0.345 e. The second kappa shape index (κ2) is 4.62. The average Bonchev–Trinajstić information content (AvgIpc) is 2.77. The molecular weight excluding hydrogens is 252 g/mol. The van der Waals surface area contributed by atoms with E-state index in [4.69, 9.17) is 4.74 Å². The van der Waals surface area contributed by atoms with Gasteiger partial charge in [-0.3, -0.25) is 0 Å². The van der Waals surface area contributed by atoms with Gasteiger partial charge < -0.3 is 9.84 Å². The van der Waals surface area contributed by atoms with Crippen LogP contribution in [0.1, 0.15) is 11.1 Å². The van der Waals surface area contributed by atoms with Gasteiger partial charge in [0.05, 0.1) is 6.61 Å². The van der Waals surface area contributed by atoms with Crippen LogP contribution in [0, 0.1) is 0 Å². The number of hydrogen-bond acceptors (Lipinski definition) is 2. The summed E-state index contributed by atoms with van der Waals surface area (Å²) in [7, 11) is 0. The van der Waals surface area contributed by atoms with Crippen LogP contribution in [-0.4, -0.2) is 17.7 Å². The van der Waals surface area contributed by atoms with Gasteiger partial charge in [-0.2, -0.15) is 0 Å². The summed E-state index contributed by atoms with van der Waals surface area (Å²) in [6.45, 7) is 3.78. The third-order valence-electron chi connectivity index (χ3n) is 3.62. The lowest BCUT2D eigenvalue weighted by molar-refractivity contribution is -0.159.